The molecule has 1 aliphatic heterocycles. The first-order valence-electron chi connectivity index (χ1n) is 9.36. The van der Waals surface area contributed by atoms with Crippen LogP contribution >= 0.6 is 0 Å². The molecule has 0 bridgehead atoms. The van der Waals surface area contributed by atoms with Crippen molar-refractivity contribution in [3.05, 3.63) is 0 Å². The van der Waals surface area contributed by atoms with Gasteiger partial charge in [-0.25, -0.2) is 0 Å². The summed E-state index contributed by atoms with van der Waals surface area (Å²) >= 11 is 0. The second-order valence-electron chi connectivity index (χ2n) is 8.46. The largest absolute Gasteiger partial charge is 0.462 e. The Hall–Kier alpha value is -1.06. The molecule has 0 N–H and O–H groups in total. The van der Waals surface area contributed by atoms with Gasteiger partial charge in [0.2, 0.25) is 0 Å². The minimum atomic E-state index is -0.137. The van der Waals surface area contributed by atoms with Crippen LogP contribution in [0.25, 0.3) is 0 Å². The van der Waals surface area contributed by atoms with Gasteiger partial charge in [-0.2, -0.15) is 0 Å². The molecule has 0 aromatic carbocycles. The molecule has 1 saturated heterocycles. The van der Waals surface area contributed by atoms with Gasteiger partial charge in [-0.1, -0.05) is 6.92 Å². The maximum atomic E-state index is 11.6. The predicted octanol–water partition coefficient (Wildman–Crippen LogP) is 3.48. The van der Waals surface area contributed by atoms with Crippen LogP contribution in [0.3, 0.4) is 0 Å². The van der Waals surface area contributed by atoms with E-state index in [1.807, 2.05) is 0 Å². The van der Waals surface area contributed by atoms with Crippen LogP contribution in [0.1, 0.15) is 65.2 Å². The lowest BCUT2D eigenvalue weighted by molar-refractivity contribution is -0.174. The van der Waals surface area contributed by atoms with Crippen LogP contribution in [0.5, 0.6) is 0 Å². The highest BCUT2D eigenvalue weighted by molar-refractivity contribution is 5.70. The SMILES string of the molecule is CC(=O)O[C@H]1CC[C@@H]2[C@H]3CC[C@H]4OC(=O)CC[C@@H]4[C@@H]3CC[C@]12C. The van der Waals surface area contributed by atoms with Crippen molar-refractivity contribution >= 4 is 11.9 Å². The number of esters is 2. The molecule has 128 valence electrons. The number of hydrogen-bond donors (Lipinski definition) is 0. The molecule has 0 amide bonds. The van der Waals surface area contributed by atoms with Crippen LogP contribution in [0.2, 0.25) is 0 Å². The molecule has 23 heavy (non-hydrogen) atoms. The minimum Gasteiger partial charge on any atom is -0.462 e. The molecule has 3 saturated carbocycles. The van der Waals surface area contributed by atoms with Gasteiger partial charge >= 0.3 is 11.9 Å². The van der Waals surface area contributed by atoms with Gasteiger partial charge in [0.25, 0.3) is 0 Å². The van der Waals surface area contributed by atoms with Crippen molar-refractivity contribution in [3.63, 3.8) is 0 Å². The van der Waals surface area contributed by atoms with Crippen molar-refractivity contribution in [1.82, 2.24) is 0 Å². The van der Waals surface area contributed by atoms with Gasteiger partial charge < -0.3 is 9.47 Å². The highest BCUT2D eigenvalue weighted by Gasteiger charge is 2.58. The molecule has 4 aliphatic rings. The third kappa shape index (κ3) is 2.40. The molecule has 1 heterocycles. The molecule has 4 fully saturated rings. The van der Waals surface area contributed by atoms with E-state index in [4.69, 9.17) is 9.47 Å². The fourth-order valence-electron chi connectivity index (χ4n) is 6.51. The van der Waals surface area contributed by atoms with E-state index in [0.29, 0.717) is 24.2 Å². The van der Waals surface area contributed by atoms with E-state index in [9.17, 15) is 9.59 Å². The Morgan fingerprint density at radius 2 is 1.91 bits per heavy atom. The van der Waals surface area contributed by atoms with E-state index in [1.54, 1.807) is 0 Å². The summed E-state index contributed by atoms with van der Waals surface area (Å²) in [4.78, 5) is 23.0. The number of fused-ring (bicyclic) bond motifs is 5. The highest BCUT2D eigenvalue weighted by Crippen LogP contribution is 2.61. The van der Waals surface area contributed by atoms with Crippen LogP contribution in [0.15, 0.2) is 0 Å². The summed E-state index contributed by atoms with van der Waals surface area (Å²) in [5, 5.41) is 0. The lowest BCUT2D eigenvalue weighted by Gasteiger charge is -2.54. The maximum Gasteiger partial charge on any atom is 0.306 e. The Morgan fingerprint density at radius 3 is 2.70 bits per heavy atom. The molecule has 0 unspecified atom stereocenters. The Balaban J connectivity index is 1.53. The monoisotopic (exact) mass is 320 g/mol. The first kappa shape index (κ1) is 15.5. The molecular formula is C19H28O4. The molecule has 4 heteroatoms. The molecule has 4 nitrogen and oxygen atoms in total. The maximum absolute atomic E-state index is 11.6. The zero-order valence-corrected chi connectivity index (χ0v) is 14.3. The Labute approximate surface area is 138 Å². The number of ether oxygens (including phenoxy) is 2. The average Bonchev–Trinajstić information content (AvgIpc) is 2.83. The molecule has 4 rings (SSSR count). The molecule has 7 atom stereocenters. The number of carbonyl (C=O) groups excluding carboxylic acids is 2. The fraction of sp³-hybridized carbons (Fsp3) is 0.895. The zero-order chi connectivity index (χ0) is 16.2. The van der Waals surface area contributed by atoms with E-state index in [-0.39, 0.29) is 29.6 Å². The summed E-state index contributed by atoms with van der Waals surface area (Å²) in [6, 6.07) is 0. The van der Waals surface area contributed by atoms with Crippen LogP contribution in [0.4, 0.5) is 0 Å². The summed E-state index contributed by atoms with van der Waals surface area (Å²) in [5.74, 6) is 2.54. The summed E-state index contributed by atoms with van der Waals surface area (Å²) in [6.45, 7) is 3.88. The second kappa shape index (κ2) is 5.49. The molecular weight excluding hydrogens is 292 g/mol. The third-order valence-corrected chi connectivity index (χ3v) is 7.49. The number of carbonyl (C=O) groups is 2. The summed E-state index contributed by atoms with van der Waals surface area (Å²) in [6.07, 6.45) is 8.65. The van der Waals surface area contributed by atoms with Gasteiger partial charge in [-0.05, 0) is 68.6 Å². The standard InChI is InChI=1S/C19H28O4/c1-11(20)22-17-7-5-15-13-3-6-16-14(4-8-18(21)23-16)12(13)9-10-19(15,17)2/h12-17H,3-10H2,1-2H3/t12-,13+,14-,15-,16-,17+,19+/m1/s1. The van der Waals surface area contributed by atoms with Crippen molar-refractivity contribution in [1.29, 1.82) is 0 Å². The molecule has 0 aromatic heterocycles. The molecule has 0 radical (unpaired) electrons. The van der Waals surface area contributed by atoms with Gasteiger partial charge in [-0.3, -0.25) is 9.59 Å². The van der Waals surface area contributed by atoms with Crippen molar-refractivity contribution < 1.29 is 19.1 Å². The van der Waals surface area contributed by atoms with Gasteiger partial charge in [0.1, 0.15) is 12.2 Å². The summed E-state index contributed by atoms with van der Waals surface area (Å²) in [7, 11) is 0. The zero-order valence-electron chi connectivity index (χ0n) is 14.3. The third-order valence-electron chi connectivity index (χ3n) is 7.49. The summed E-state index contributed by atoms with van der Waals surface area (Å²) in [5.41, 5.74) is 0.158. The van der Waals surface area contributed by atoms with Gasteiger partial charge in [0.15, 0.2) is 0 Å². The van der Waals surface area contributed by atoms with E-state index in [2.05, 4.69) is 6.92 Å². The van der Waals surface area contributed by atoms with Crippen LogP contribution in [-0.4, -0.2) is 24.1 Å². The average molecular weight is 320 g/mol. The van der Waals surface area contributed by atoms with Crippen molar-refractivity contribution in [2.24, 2.45) is 29.1 Å². The van der Waals surface area contributed by atoms with Crippen molar-refractivity contribution in [2.45, 2.75) is 77.4 Å². The molecule has 3 aliphatic carbocycles. The highest BCUT2D eigenvalue weighted by atomic mass is 16.5. The predicted molar refractivity (Wildman–Crippen MR) is 84.4 cm³/mol. The number of rotatable bonds is 1. The smallest absolute Gasteiger partial charge is 0.306 e. The quantitative estimate of drug-likeness (QED) is 0.694. The van der Waals surface area contributed by atoms with Crippen LogP contribution < -0.4 is 0 Å². The topological polar surface area (TPSA) is 52.6 Å². The first-order chi connectivity index (χ1) is 11.0. The lowest BCUT2D eigenvalue weighted by atomic mass is 9.53. The Bertz CT molecular complexity index is 515. The second-order valence-corrected chi connectivity index (χ2v) is 8.46. The molecule has 0 aromatic rings. The summed E-state index contributed by atoms with van der Waals surface area (Å²) < 4.78 is 11.3. The Kier molecular flexibility index (Phi) is 3.69. The fourth-order valence-corrected chi connectivity index (χ4v) is 6.51. The Morgan fingerprint density at radius 1 is 1.09 bits per heavy atom. The van der Waals surface area contributed by atoms with Crippen molar-refractivity contribution in [3.8, 4) is 0 Å². The van der Waals surface area contributed by atoms with E-state index < -0.39 is 0 Å². The minimum absolute atomic E-state index is 0.00105. The van der Waals surface area contributed by atoms with E-state index >= 15 is 0 Å². The van der Waals surface area contributed by atoms with Gasteiger partial charge in [-0.15, -0.1) is 0 Å². The van der Waals surface area contributed by atoms with Crippen molar-refractivity contribution in [2.75, 3.05) is 0 Å². The normalized spacial score (nSPS) is 48.7. The van der Waals surface area contributed by atoms with E-state index in [0.717, 1.165) is 31.6 Å². The van der Waals surface area contributed by atoms with Crippen LogP contribution in [-0.2, 0) is 19.1 Å². The van der Waals surface area contributed by atoms with Gasteiger partial charge in [0.05, 0.1) is 0 Å². The number of hydrogen-bond acceptors (Lipinski definition) is 4. The lowest BCUT2D eigenvalue weighted by Crippen LogP contribution is -2.52. The molecule has 0 spiro atoms. The van der Waals surface area contributed by atoms with Gasteiger partial charge in [0, 0.05) is 18.8 Å². The van der Waals surface area contributed by atoms with Crippen LogP contribution in [0, 0.1) is 29.1 Å². The van der Waals surface area contributed by atoms with E-state index in [1.165, 1.54) is 26.2 Å². The first-order valence-corrected chi connectivity index (χ1v) is 9.36.